The maximum absolute atomic E-state index is 12.1. The summed E-state index contributed by atoms with van der Waals surface area (Å²) in [7, 11) is 1.64. The van der Waals surface area contributed by atoms with Gasteiger partial charge in [0.05, 0.1) is 7.11 Å². The molecule has 0 aliphatic rings. The lowest BCUT2D eigenvalue weighted by molar-refractivity contribution is -0.121. The van der Waals surface area contributed by atoms with Gasteiger partial charge in [-0.15, -0.1) is 0 Å². The van der Waals surface area contributed by atoms with Crippen molar-refractivity contribution in [3.8, 4) is 5.75 Å². The van der Waals surface area contributed by atoms with Crippen molar-refractivity contribution in [3.05, 3.63) is 66.4 Å². The second-order valence-corrected chi connectivity index (χ2v) is 5.13. The highest BCUT2D eigenvalue weighted by Gasteiger charge is 2.05. The van der Waals surface area contributed by atoms with Gasteiger partial charge in [0.2, 0.25) is 5.91 Å². The summed E-state index contributed by atoms with van der Waals surface area (Å²) in [5, 5.41) is 4.08. The monoisotopic (exact) mass is 294 g/mol. The quantitative estimate of drug-likeness (QED) is 0.786. The number of hydrogen-bond donors (Lipinski definition) is 1. The molecular weight excluding hydrogens is 276 g/mol. The van der Waals surface area contributed by atoms with E-state index < -0.39 is 0 Å². The molecule has 3 rings (SSSR count). The summed E-state index contributed by atoms with van der Waals surface area (Å²) < 4.78 is 7.07. The van der Waals surface area contributed by atoms with Crippen LogP contribution in [0.3, 0.4) is 0 Å². The topological polar surface area (TPSA) is 43.3 Å². The fourth-order valence-electron chi connectivity index (χ4n) is 2.43. The summed E-state index contributed by atoms with van der Waals surface area (Å²) in [6, 6.07) is 17.7. The van der Waals surface area contributed by atoms with Gasteiger partial charge in [-0.05, 0) is 35.2 Å². The maximum atomic E-state index is 12.1. The van der Waals surface area contributed by atoms with Crippen molar-refractivity contribution in [1.82, 2.24) is 9.88 Å². The van der Waals surface area contributed by atoms with Crippen LogP contribution < -0.4 is 10.1 Å². The Labute approximate surface area is 129 Å². The number of carbonyl (C=O) groups excluding carboxylic acids is 1. The minimum Gasteiger partial charge on any atom is -0.497 e. The molecule has 3 aromatic rings. The third-order valence-corrected chi connectivity index (χ3v) is 3.64. The highest BCUT2D eigenvalue weighted by Crippen LogP contribution is 2.15. The van der Waals surface area contributed by atoms with Crippen molar-refractivity contribution in [1.29, 1.82) is 0 Å². The molecule has 112 valence electrons. The Morgan fingerprint density at radius 2 is 1.86 bits per heavy atom. The first-order valence-electron chi connectivity index (χ1n) is 7.20. The number of carbonyl (C=O) groups is 1. The van der Waals surface area contributed by atoms with Gasteiger partial charge in [-0.25, -0.2) is 0 Å². The third kappa shape index (κ3) is 3.11. The molecule has 0 radical (unpaired) electrons. The molecule has 0 atom stereocenters. The van der Waals surface area contributed by atoms with Crippen LogP contribution in [0.15, 0.2) is 60.8 Å². The normalized spacial score (nSPS) is 10.6. The SMILES string of the molecule is COc1ccc(CNC(=O)Cn2ccc3ccccc32)cc1. The zero-order valence-corrected chi connectivity index (χ0v) is 12.5. The van der Waals surface area contributed by atoms with Gasteiger partial charge >= 0.3 is 0 Å². The van der Waals surface area contributed by atoms with Gasteiger partial charge < -0.3 is 14.6 Å². The maximum Gasteiger partial charge on any atom is 0.240 e. The van der Waals surface area contributed by atoms with E-state index in [1.165, 1.54) is 0 Å². The predicted octanol–water partition coefficient (Wildman–Crippen LogP) is 2.97. The molecule has 4 nitrogen and oxygen atoms in total. The molecule has 22 heavy (non-hydrogen) atoms. The predicted molar refractivity (Wildman–Crippen MR) is 86.8 cm³/mol. The summed E-state index contributed by atoms with van der Waals surface area (Å²) in [4.78, 5) is 12.1. The number of nitrogens with zero attached hydrogens (tertiary/aromatic N) is 1. The van der Waals surface area contributed by atoms with E-state index >= 15 is 0 Å². The van der Waals surface area contributed by atoms with Crippen LogP contribution >= 0.6 is 0 Å². The van der Waals surface area contributed by atoms with E-state index in [0.717, 1.165) is 22.2 Å². The second-order valence-electron chi connectivity index (χ2n) is 5.13. The Balaban J connectivity index is 1.60. The Kier molecular flexibility index (Phi) is 4.10. The lowest BCUT2D eigenvalue weighted by atomic mass is 10.2. The smallest absolute Gasteiger partial charge is 0.240 e. The molecule has 0 spiro atoms. The van der Waals surface area contributed by atoms with Crippen LogP contribution in [0, 0.1) is 0 Å². The molecule has 0 aliphatic carbocycles. The lowest BCUT2D eigenvalue weighted by Crippen LogP contribution is -2.26. The lowest BCUT2D eigenvalue weighted by Gasteiger charge is -2.08. The Bertz CT molecular complexity index is 775. The van der Waals surface area contributed by atoms with E-state index in [1.807, 2.05) is 65.4 Å². The molecule has 0 saturated heterocycles. The molecular formula is C18H18N2O2. The Morgan fingerprint density at radius 3 is 2.64 bits per heavy atom. The molecule has 1 aromatic heterocycles. The first-order chi connectivity index (χ1) is 10.8. The number of aromatic nitrogens is 1. The van der Waals surface area contributed by atoms with Crippen LogP contribution in [-0.2, 0) is 17.9 Å². The van der Waals surface area contributed by atoms with Gasteiger partial charge in [-0.2, -0.15) is 0 Å². The summed E-state index contributed by atoms with van der Waals surface area (Å²) in [6.07, 6.45) is 1.94. The van der Waals surface area contributed by atoms with Gasteiger partial charge in [-0.1, -0.05) is 30.3 Å². The van der Waals surface area contributed by atoms with Crippen molar-refractivity contribution in [2.75, 3.05) is 7.11 Å². The van der Waals surface area contributed by atoms with Crippen LogP contribution in [0.4, 0.5) is 0 Å². The number of nitrogens with one attached hydrogen (secondary N) is 1. The summed E-state index contributed by atoms with van der Waals surface area (Å²) in [5.74, 6) is 0.811. The molecule has 0 aliphatic heterocycles. The van der Waals surface area contributed by atoms with Crippen molar-refractivity contribution < 1.29 is 9.53 Å². The van der Waals surface area contributed by atoms with Crippen molar-refractivity contribution in [3.63, 3.8) is 0 Å². The highest BCUT2D eigenvalue weighted by molar-refractivity contribution is 5.83. The molecule has 0 fully saturated rings. The molecule has 0 saturated carbocycles. The van der Waals surface area contributed by atoms with Crippen LogP contribution in [0.25, 0.3) is 10.9 Å². The first-order valence-corrected chi connectivity index (χ1v) is 7.20. The zero-order chi connectivity index (χ0) is 15.4. The van der Waals surface area contributed by atoms with Gasteiger partial charge in [-0.3, -0.25) is 4.79 Å². The van der Waals surface area contributed by atoms with Crippen molar-refractivity contribution in [2.24, 2.45) is 0 Å². The number of ether oxygens (including phenoxy) is 1. The molecule has 0 unspecified atom stereocenters. The fraction of sp³-hybridized carbons (Fsp3) is 0.167. The average Bonchev–Trinajstić information content (AvgIpc) is 2.97. The average molecular weight is 294 g/mol. The largest absolute Gasteiger partial charge is 0.497 e. The second kappa shape index (κ2) is 6.35. The molecule has 1 heterocycles. The standard InChI is InChI=1S/C18H18N2O2/c1-22-16-8-6-14(7-9-16)12-19-18(21)13-20-11-10-15-4-2-3-5-17(15)20/h2-11H,12-13H2,1H3,(H,19,21). The minimum absolute atomic E-state index is 0.00262. The minimum atomic E-state index is -0.00262. The number of benzene rings is 2. The van der Waals surface area contributed by atoms with E-state index in [4.69, 9.17) is 4.74 Å². The van der Waals surface area contributed by atoms with Crippen LogP contribution in [0.5, 0.6) is 5.75 Å². The number of para-hydroxylation sites is 1. The Morgan fingerprint density at radius 1 is 1.09 bits per heavy atom. The molecule has 4 heteroatoms. The fourth-order valence-corrected chi connectivity index (χ4v) is 2.43. The Hall–Kier alpha value is -2.75. The van der Waals surface area contributed by atoms with E-state index in [9.17, 15) is 4.79 Å². The molecule has 1 amide bonds. The van der Waals surface area contributed by atoms with Crippen LogP contribution in [-0.4, -0.2) is 17.6 Å². The van der Waals surface area contributed by atoms with Crippen LogP contribution in [0.2, 0.25) is 0 Å². The van der Waals surface area contributed by atoms with E-state index in [0.29, 0.717) is 13.1 Å². The summed E-state index contributed by atoms with van der Waals surface area (Å²) in [5.41, 5.74) is 2.12. The van der Waals surface area contributed by atoms with Crippen molar-refractivity contribution in [2.45, 2.75) is 13.1 Å². The summed E-state index contributed by atoms with van der Waals surface area (Å²) >= 11 is 0. The van der Waals surface area contributed by atoms with E-state index in [2.05, 4.69) is 5.32 Å². The van der Waals surface area contributed by atoms with E-state index in [-0.39, 0.29) is 5.91 Å². The van der Waals surface area contributed by atoms with Gasteiger partial charge in [0, 0.05) is 18.3 Å². The molecule has 0 bridgehead atoms. The number of amides is 1. The summed E-state index contributed by atoms with van der Waals surface area (Å²) in [6.45, 7) is 0.839. The molecule has 2 aromatic carbocycles. The number of rotatable bonds is 5. The number of fused-ring (bicyclic) bond motifs is 1. The number of methoxy groups -OCH3 is 1. The van der Waals surface area contributed by atoms with Gasteiger partial charge in [0.15, 0.2) is 0 Å². The first kappa shape index (κ1) is 14.2. The highest BCUT2D eigenvalue weighted by atomic mass is 16.5. The third-order valence-electron chi connectivity index (χ3n) is 3.64. The van der Waals surface area contributed by atoms with Crippen molar-refractivity contribution >= 4 is 16.8 Å². The number of hydrogen-bond acceptors (Lipinski definition) is 2. The van der Waals surface area contributed by atoms with E-state index in [1.54, 1.807) is 7.11 Å². The van der Waals surface area contributed by atoms with Gasteiger partial charge in [0.1, 0.15) is 12.3 Å². The molecule has 1 N–H and O–H groups in total. The zero-order valence-electron chi connectivity index (χ0n) is 12.5. The van der Waals surface area contributed by atoms with Gasteiger partial charge in [0.25, 0.3) is 0 Å². The van der Waals surface area contributed by atoms with Crippen LogP contribution in [0.1, 0.15) is 5.56 Å².